The van der Waals surface area contributed by atoms with Crippen LogP contribution in [-0.2, 0) is 4.74 Å². The van der Waals surface area contributed by atoms with Crippen molar-refractivity contribution in [2.24, 2.45) is 10.2 Å². The summed E-state index contributed by atoms with van der Waals surface area (Å²) < 4.78 is 12.4. The minimum Gasteiger partial charge on any atom is -0.416 e. The van der Waals surface area contributed by atoms with Gasteiger partial charge in [0.05, 0.1) is 0 Å². The number of aromatic nitrogens is 2. The van der Waals surface area contributed by atoms with Crippen LogP contribution in [0.3, 0.4) is 0 Å². The molecule has 0 bridgehead atoms. The summed E-state index contributed by atoms with van der Waals surface area (Å²) in [4.78, 5) is 0. The molecule has 0 saturated heterocycles. The molecule has 1 N–H and O–H groups in total. The molecular formula is C38H27N5O2. The van der Waals surface area contributed by atoms with Crippen molar-refractivity contribution in [3.05, 3.63) is 144 Å². The fraction of sp³-hybridized carbons (Fsp3) is 0.0526. The number of nitrogens with one attached hydrogen (secondary N) is 1. The van der Waals surface area contributed by atoms with Crippen molar-refractivity contribution in [2.75, 3.05) is 0 Å². The van der Waals surface area contributed by atoms with E-state index in [1.807, 2.05) is 60.7 Å². The van der Waals surface area contributed by atoms with Gasteiger partial charge in [-0.1, -0.05) is 97.1 Å². The average molecular weight is 586 g/mol. The van der Waals surface area contributed by atoms with Crippen LogP contribution in [0, 0.1) is 13.8 Å². The van der Waals surface area contributed by atoms with Crippen molar-refractivity contribution in [3.8, 4) is 34.0 Å². The van der Waals surface area contributed by atoms with Crippen molar-refractivity contribution in [3.63, 3.8) is 0 Å². The molecule has 0 aliphatic carbocycles. The Balaban J connectivity index is 1.04. The minimum atomic E-state index is 0.474. The molecule has 7 aromatic rings. The highest BCUT2D eigenvalue weighted by Gasteiger charge is 2.20. The minimum absolute atomic E-state index is 0.474. The molecule has 7 nitrogen and oxygen atoms in total. The van der Waals surface area contributed by atoms with E-state index >= 15 is 0 Å². The van der Waals surface area contributed by atoms with Crippen molar-refractivity contribution < 1.29 is 9.15 Å². The number of hydrazone groups is 2. The third kappa shape index (κ3) is 4.80. The number of hydrogen-bond donors (Lipinski definition) is 1. The Hall–Kier alpha value is -6.08. The van der Waals surface area contributed by atoms with Crippen LogP contribution in [0.25, 0.3) is 55.6 Å². The van der Waals surface area contributed by atoms with Crippen LogP contribution in [0.15, 0.2) is 136 Å². The molecule has 0 radical (unpaired) electrons. The van der Waals surface area contributed by atoms with E-state index < -0.39 is 0 Å². The zero-order chi connectivity index (χ0) is 30.3. The van der Waals surface area contributed by atoms with Gasteiger partial charge >= 0.3 is 0 Å². The van der Waals surface area contributed by atoms with Gasteiger partial charge in [-0.2, -0.15) is 5.53 Å². The predicted molar refractivity (Wildman–Crippen MR) is 179 cm³/mol. The largest absolute Gasteiger partial charge is 0.416 e. The van der Waals surface area contributed by atoms with Gasteiger partial charge in [0, 0.05) is 22.3 Å². The summed E-state index contributed by atoms with van der Waals surface area (Å²) >= 11 is 0. The Bertz CT molecular complexity index is 2310. The zero-order valence-electron chi connectivity index (χ0n) is 24.7. The van der Waals surface area contributed by atoms with Gasteiger partial charge < -0.3 is 9.15 Å². The molecule has 0 fully saturated rings. The molecule has 0 unspecified atom stereocenters. The van der Waals surface area contributed by atoms with E-state index in [0.29, 0.717) is 23.6 Å². The molecular weight excluding hydrogens is 558 g/mol. The first-order chi connectivity index (χ1) is 22.1. The van der Waals surface area contributed by atoms with Gasteiger partial charge in [-0.25, -0.2) is 0 Å². The third-order valence-electron chi connectivity index (χ3n) is 8.21. The van der Waals surface area contributed by atoms with Crippen molar-refractivity contribution >= 4 is 33.3 Å². The van der Waals surface area contributed by atoms with Gasteiger partial charge in [-0.05, 0) is 81.9 Å². The van der Waals surface area contributed by atoms with E-state index in [1.54, 1.807) is 0 Å². The Kier molecular flexibility index (Phi) is 6.42. The van der Waals surface area contributed by atoms with Crippen LogP contribution < -0.4 is 5.53 Å². The SMILES string of the molecule is Cc1cc(-c2ccc(-c3nnc(-c4cccc5ccccc45)o3)c(C)c2)ccc1C1=NNN=C(c2cccc3ccccc23)O1. The van der Waals surface area contributed by atoms with Crippen LogP contribution in [0.4, 0.5) is 0 Å². The molecule has 7 heteroatoms. The molecule has 1 aromatic heterocycles. The molecule has 2 heterocycles. The second kappa shape index (κ2) is 10.9. The molecule has 6 aromatic carbocycles. The van der Waals surface area contributed by atoms with Crippen LogP contribution in [0.2, 0.25) is 0 Å². The summed E-state index contributed by atoms with van der Waals surface area (Å²) in [6.07, 6.45) is 0. The second-order valence-electron chi connectivity index (χ2n) is 11.1. The Morgan fingerprint density at radius 3 is 1.64 bits per heavy atom. The van der Waals surface area contributed by atoms with E-state index in [9.17, 15) is 0 Å². The van der Waals surface area contributed by atoms with E-state index in [4.69, 9.17) is 9.15 Å². The van der Waals surface area contributed by atoms with Crippen molar-refractivity contribution in [1.29, 1.82) is 0 Å². The summed E-state index contributed by atoms with van der Waals surface area (Å²) in [6.45, 7) is 4.12. The molecule has 0 amide bonds. The molecule has 1 aliphatic heterocycles. The first-order valence-electron chi connectivity index (χ1n) is 14.7. The summed E-state index contributed by atoms with van der Waals surface area (Å²) in [5, 5.41) is 21.9. The van der Waals surface area contributed by atoms with Crippen LogP contribution in [-0.4, -0.2) is 22.0 Å². The van der Waals surface area contributed by atoms with E-state index in [1.165, 1.54) is 0 Å². The second-order valence-corrected chi connectivity index (χ2v) is 11.1. The van der Waals surface area contributed by atoms with Gasteiger partial charge in [0.25, 0.3) is 0 Å². The van der Waals surface area contributed by atoms with Crippen LogP contribution >= 0.6 is 0 Å². The highest BCUT2D eigenvalue weighted by atomic mass is 16.5. The predicted octanol–water partition coefficient (Wildman–Crippen LogP) is 8.64. The maximum absolute atomic E-state index is 6.25. The summed E-state index contributed by atoms with van der Waals surface area (Å²) in [7, 11) is 0. The van der Waals surface area contributed by atoms with Crippen molar-refractivity contribution in [1.82, 2.24) is 15.7 Å². The van der Waals surface area contributed by atoms with Crippen molar-refractivity contribution in [2.45, 2.75) is 13.8 Å². The smallest absolute Gasteiger partial charge is 0.248 e. The fourth-order valence-corrected chi connectivity index (χ4v) is 5.91. The van der Waals surface area contributed by atoms with Crippen LogP contribution in [0.5, 0.6) is 0 Å². The fourth-order valence-electron chi connectivity index (χ4n) is 5.91. The molecule has 0 saturated carbocycles. The first kappa shape index (κ1) is 26.5. The summed E-state index contributed by atoms with van der Waals surface area (Å²) in [5.74, 6) is 1.96. The number of aryl methyl sites for hydroxylation is 2. The molecule has 1 aliphatic rings. The zero-order valence-corrected chi connectivity index (χ0v) is 24.7. The maximum atomic E-state index is 6.25. The van der Waals surface area contributed by atoms with Crippen LogP contribution in [0.1, 0.15) is 22.3 Å². The Morgan fingerprint density at radius 2 is 1.00 bits per heavy atom. The number of ether oxygens (including phenoxy) is 1. The summed E-state index contributed by atoms with van der Waals surface area (Å²) in [6, 6.07) is 41.1. The lowest BCUT2D eigenvalue weighted by Crippen LogP contribution is -2.24. The lowest BCUT2D eigenvalue weighted by Gasteiger charge is -2.18. The molecule has 8 rings (SSSR count). The third-order valence-corrected chi connectivity index (χ3v) is 8.21. The van der Waals surface area contributed by atoms with Gasteiger partial charge in [-0.15, -0.1) is 20.4 Å². The normalized spacial score (nSPS) is 12.8. The van der Waals surface area contributed by atoms with E-state index in [0.717, 1.165) is 66.1 Å². The first-order valence-corrected chi connectivity index (χ1v) is 14.7. The monoisotopic (exact) mass is 585 g/mol. The number of fused-ring (bicyclic) bond motifs is 2. The lowest BCUT2D eigenvalue weighted by atomic mass is 9.96. The maximum Gasteiger partial charge on any atom is 0.248 e. The quantitative estimate of drug-likeness (QED) is 0.219. The standard InChI is InChI=1S/C38H27N5O2/c1-23-21-27(17-19-29(23)35-39-40-37(44-35)33-15-7-11-25-9-3-5-13-31(25)33)28-18-20-30(24(2)22-28)36-41-43-42-38(45-36)34-16-8-12-26-10-4-6-14-32(26)34/h3-22,43H,1-2H3. The van der Waals surface area contributed by atoms with Gasteiger partial charge in [0.2, 0.25) is 23.6 Å². The average Bonchev–Trinajstić information content (AvgIpc) is 3.57. The van der Waals surface area contributed by atoms with Gasteiger partial charge in [-0.3, -0.25) is 0 Å². The Labute approximate surface area is 259 Å². The molecule has 0 spiro atoms. The van der Waals surface area contributed by atoms with Gasteiger partial charge in [0.15, 0.2) is 0 Å². The molecule has 216 valence electrons. The van der Waals surface area contributed by atoms with E-state index in [-0.39, 0.29) is 0 Å². The highest BCUT2D eigenvalue weighted by molar-refractivity contribution is 6.13. The topological polar surface area (TPSA) is 84.9 Å². The number of hydrogen-bond acceptors (Lipinski definition) is 7. The number of benzene rings is 6. The highest BCUT2D eigenvalue weighted by Crippen LogP contribution is 2.33. The Morgan fingerprint density at radius 1 is 0.489 bits per heavy atom. The summed E-state index contributed by atoms with van der Waals surface area (Å²) in [5.41, 5.74) is 10.7. The van der Waals surface area contributed by atoms with Gasteiger partial charge in [0.1, 0.15) is 0 Å². The molecule has 0 atom stereocenters. The number of nitrogens with zero attached hydrogens (tertiary/aromatic N) is 4. The van der Waals surface area contributed by atoms with E-state index in [2.05, 4.69) is 100 Å². The molecule has 45 heavy (non-hydrogen) atoms. The number of rotatable bonds is 5. The lowest BCUT2D eigenvalue weighted by molar-refractivity contribution is 0.501.